The number of rotatable bonds is 7. The summed E-state index contributed by atoms with van der Waals surface area (Å²) in [5, 5.41) is 0.808. The van der Waals surface area contributed by atoms with Gasteiger partial charge in [-0.1, -0.05) is 31.9 Å². The van der Waals surface area contributed by atoms with E-state index in [0.29, 0.717) is 18.4 Å². The Bertz CT molecular complexity index is 443. The van der Waals surface area contributed by atoms with Crippen molar-refractivity contribution in [2.75, 3.05) is 26.2 Å². The molecular weight excluding hydrogens is 282 g/mol. The summed E-state index contributed by atoms with van der Waals surface area (Å²) in [7, 11) is 0. The highest BCUT2D eigenvalue weighted by Crippen LogP contribution is 2.36. The molecule has 1 aliphatic rings. The van der Waals surface area contributed by atoms with Gasteiger partial charge in [-0.25, -0.2) is 0 Å². The molecule has 1 aromatic rings. The second-order valence-corrected chi connectivity index (χ2v) is 6.55. The van der Waals surface area contributed by atoms with E-state index in [1.807, 2.05) is 19.1 Å². The molecule has 0 aromatic heterocycles. The molecule has 0 saturated carbocycles. The number of benzene rings is 1. The fraction of sp³-hybridized carbons (Fsp3) is 0.667. The first-order valence-corrected chi connectivity index (χ1v) is 8.68. The summed E-state index contributed by atoms with van der Waals surface area (Å²) in [4.78, 5) is 2.59. The largest absolute Gasteiger partial charge is 0.494 e. The van der Waals surface area contributed by atoms with Gasteiger partial charge in [0.05, 0.1) is 6.61 Å². The Morgan fingerprint density at radius 3 is 2.57 bits per heavy atom. The SMILES string of the molecule is CCOc1ccc(Cl)cc1[C@@H](CN1CCCC1)[C@@H](C)CC. The van der Waals surface area contributed by atoms with Crippen LogP contribution < -0.4 is 4.74 Å². The van der Waals surface area contributed by atoms with Crippen LogP contribution in [0, 0.1) is 5.92 Å². The molecule has 0 amide bonds. The van der Waals surface area contributed by atoms with E-state index in [-0.39, 0.29) is 0 Å². The summed E-state index contributed by atoms with van der Waals surface area (Å²) >= 11 is 6.26. The first-order chi connectivity index (χ1) is 10.2. The standard InChI is InChI=1S/C18H28ClNO/c1-4-14(3)17(13-20-10-6-7-11-20)16-12-15(19)8-9-18(16)21-5-2/h8-9,12,14,17H,4-7,10-11,13H2,1-3H3/t14-,17-/m0/s1. The number of hydrogen-bond acceptors (Lipinski definition) is 2. The number of ether oxygens (including phenoxy) is 1. The van der Waals surface area contributed by atoms with E-state index in [0.717, 1.165) is 17.3 Å². The highest BCUT2D eigenvalue weighted by molar-refractivity contribution is 6.30. The van der Waals surface area contributed by atoms with E-state index >= 15 is 0 Å². The molecule has 2 rings (SSSR count). The molecule has 21 heavy (non-hydrogen) atoms. The first kappa shape index (κ1) is 16.6. The van der Waals surface area contributed by atoms with E-state index < -0.39 is 0 Å². The molecule has 0 spiro atoms. The lowest BCUT2D eigenvalue weighted by atomic mass is 9.84. The summed E-state index contributed by atoms with van der Waals surface area (Å²) in [6.07, 6.45) is 3.85. The normalized spacial score (nSPS) is 18.7. The molecule has 2 nitrogen and oxygen atoms in total. The lowest BCUT2D eigenvalue weighted by molar-refractivity contribution is 0.265. The van der Waals surface area contributed by atoms with Crippen LogP contribution in [-0.2, 0) is 0 Å². The van der Waals surface area contributed by atoms with Gasteiger partial charge >= 0.3 is 0 Å². The average molecular weight is 310 g/mol. The van der Waals surface area contributed by atoms with Crippen molar-refractivity contribution in [3.05, 3.63) is 28.8 Å². The minimum atomic E-state index is 0.494. The molecule has 1 aliphatic heterocycles. The molecule has 118 valence electrons. The second kappa shape index (κ2) is 8.05. The van der Waals surface area contributed by atoms with Gasteiger partial charge in [0.15, 0.2) is 0 Å². The Labute approximate surface area is 134 Å². The molecule has 0 radical (unpaired) electrons. The van der Waals surface area contributed by atoms with E-state index in [9.17, 15) is 0 Å². The third-order valence-electron chi connectivity index (χ3n) is 4.66. The maximum atomic E-state index is 6.26. The van der Waals surface area contributed by atoms with Crippen LogP contribution in [0.3, 0.4) is 0 Å². The molecule has 0 aliphatic carbocycles. The third kappa shape index (κ3) is 4.37. The van der Waals surface area contributed by atoms with E-state index in [1.54, 1.807) is 0 Å². The summed E-state index contributed by atoms with van der Waals surface area (Å²) < 4.78 is 5.85. The van der Waals surface area contributed by atoms with E-state index in [1.165, 1.54) is 37.9 Å². The quantitative estimate of drug-likeness (QED) is 0.705. The Hall–Kier alpha value is -0.730. The van der Waals surface area contributed by atoms with Crippen LogP contribution in [0.15, 0.2) is 18.2 Å². The summed E-state index contributed by atoms with van der Waals surface area (Å²) in [5.41, 5.74) is 1.28. The summed E-state index contributed by atoms with van der Waals surface area (Å²) in [5.74, 6) is 2.13. The minimum absolute atomic E-state index is 0.494. The predicted molar refractivity (Wildman–Crippen MR) is 90.5 cm³/mol. The van der Waals surface area contributed by atoms with Crippen molar-refractivity contribution in [1.29, 1.82) is 0 Å². The fourth-order valence-electron chi connectivity index (χ4n) is 3.21. The Morgan fingerprint density at radius 1 is 1.24 bits per heavy atom. The van der Waals surface area contributed by atoms with Gasteiger partial charge in [-0.2, -0.15) is 0 Å². The maximum Gasteiger partial charge on any atom is 0.122 e. The second-order valence-electron chi connectivity index (χ2n) is 6.11. The van der Waals surface area contributed by atoms with Crippen molar-refractivity contribution in [2.24, 2.45) is 5.92 Å². The van der Waals surface area contributed by atoms with Gasteiger partial charge in [-0.3, -0.25) is 0 Å². The maximum absolute atomic E-state index is 6.26. The van der Waals surface area contributed by atoms with Crippen LogP contribution in [0.1, 0.15) is 51.5 Å². The molecular formula is C18H28ClNO. The number of nitrogens with zero attached hydrogens (tertiary/aromatic N) is 1. The van der Waals surface area contributed by atoms with Gasteiger partial charge in [-0.05, 0) is 57.0 Å². The lowest BCUT2D eigenvalue weighted by Crippen LogP contribution is -2.29. The van der Waals surface area contributed by atoms with Crippen molar-refractivity contribution in [3.8, 4) is 5.75 Å². The molecule has 0 unspecified atom stereocenters. The topological polar surface area (TPSA) is 12.5 Å². The summed E-state index contributed by atoms with van der Waals surface area (Å²) in [6, 6.07) is 6.07. The predicted octanol–water partition coefficient (Wildman–Crippen LogP) is 4.96. The van der Waals surface area contributed by atoms with Crippen LogP contribution in [0.2, 0.25) is 5.02 Å². The zero-order valence-electron chi connectivity index (χ0n) is 13.6. The van der Waals surface area contributed by atoms with Crippen LogP contribution in [-0.4, -0.2) is 31.1 Å². The first-order valence-electron chi connectivity index (χ1n) is 8.30. The highest BCUT2D eigenvalue weighted by atomic mass is 35.5. The van der Waals surface area contributed by atoms with Crippen molar-refractivity contribution in [3.63, 3.8) is 0 Å². The van der Waals surface area contributed by atoms with Crippen molar-refractivity contribution in [1.82, 2.24) is 4.90 Å². The van der Waals surface area contributed by atoms with E-state index in [2.05, 4.69) is 24.8 Å². The Morgan fingerprint density at radius 2 is 1.95 bits per heavy atom. The highest BCUT2D eigenvalue weighted by Gasteiger charge is 2.25. The molecule has 1 fully saturated rings. The number of halogens is 1. The summed E-state index contributed by atoms with van der Waals surface area (Å²) in [6.45, 7) is 10.9. The van der Waals surface area contributed by atoms with Crippen molar-refractivity contribution in [2.45, 2.75) is 46.0 Å². The third-order valence-corrected chi connectivity index (χ3v) is 4.89. The zero-order valence-corrected chi connectivity index (χ0v) is 14.3. The van der Waals surface area contributed by atoms with Gasteiger partial charge in [-0.15, -0.1) is 0 Å². The van der Waals surface area contributed by atoms with Crippen LogP contribution in [0.25, 0.3) is 0 Å². The van der Waals surface area contributed by atoms with E-state index in [4.69, 9.17) is 16.3 Å². The van der Waals surface area contributed by atoms with Crippen LogP contribution in [0.5, 0.6) is 5.75 Å². The van der Waals surface area contributed by atoms with Crippen LogP contribution in [0.4, 0.5) is 0 Å². The molecule has 2 atom stereocenters. The van der Waals surface area contributed by atoms with Gasteiger partial charge < -0.3 is 9.64 Å². The van der Waals surface area contributed by atoms with Gasteiger partial charge in [0.25, 0.3) is 0 Å². The van der Waals surface area contributed by atoms with Gasteiger partial charge in [0.2, 0.25) is 0 Å². The number of likely N-dealkylation sites (tertiary alicyclic amines) is 1. The van der Waals surface area contributed by atoms with Gasteiger partial charge in [0.1, 0.15) is 5.75 Å². The molecule has 3 heteroatoms. The molecule has 0 bridgehead atoms. The van der Waals surface area contributed by atoms with Crippen LogP contribution >= 0.6 is 11.6 Å². The molecule has 1 saturated heterocycles. The molecule has 0 N–H and O–H groups in total. The zero-order chi connectivity index (χ0) is 15.2. The van der Waals surface area contributed by atoms with Crippen molar-refractivity contribution >= 4 is 11.6 Å². The Kier molecular flexibility index (Phi) is 6.38. The fourth-order valence-corrected chi connectivity index (χ4v) is 3.39. The average Bonchev–Trinajstić information content (AvgIpc) is 2.99. The molecule has 1 heterocycles. The van der Waals surface area contributed by atoms with Crippen molar-refractivity contribution < 1.29 is 4.74 Å². The smallest absolute Gasteiger partial charge is 0.122 e. The lowest BCUT2D eigenvalue weighted by Gasteiger charge is -2.29. The monoisotopic (exact) mass is 309 g/mol. The molecule has 1 aromatic carbocycles. The van der Waals surface area contributed by atoms with Gasteiger partial charge in [0, 0.05) is 23.0 Å². The minimum Gasteiger partial charge on any atom is -0.494 e. The number of hydrogen-bond donors (Lipinski definition) is 0. The Balaban J connectivity index is 2.27.